The monoisotopic (exact) mass is 384 g/mol. The molecule has 1 saturated heterocycles. The lowest BCUT2D eigenvalue weighted by molar-refractivity contribution is -0.164. The lowest BCUT2D eigenvalue weighted by atomic mass is 9.66. The normalized spacial score (nSPS) is 29.5. The molecule has 2 saturated carbocycles. The number of carbonyl (C=O) groups excluding carboxylic acids is 1. The summed E-state index contributed by atoms with van der Waals surface area (Å²) in [6, 6.07) is 3.92. The fourth-order valence-corrected chi connectivity index (χ4v) is 5.23. The molecule has 0 bridgehead atoms. The fourth-order valence-electron chi connectivity index (χ4n) is 5.23. The number of amides is 1. The van der Waals surface area contributed by atoms with Crippen LogP contribution in [0.4, 0.5) is 0 Å². The molecule has 3 aliphatic rings. The topological polar surface area (TPSA) is 80.5 Å². The first kappa shape index (κ1) is 17.9. The minimum absolute atomic E-state index is 0.0278. The van der Waals surface area contributed by atoms with Gasteiger partial charge in [-0.25, -0.2) is 0 Å². The number of fused-ring (bicyclic) bond motifs is 1. The van der Waals surface area contributed by atoms with Gasteiger partial charge in [0.25, 0.3) is 0 Å². The van der Waals surface area contributed by atoms with Gasteiger partial charge in [0.1, 0.15) is 6.10 Å². The van der Waals surface area contributed by atoms with Crippen LogP contribution in [0.25, 0.3) is 11.0 Å². The first-order valence-corrected chi connectivity index (χ1v) is 10.3. The molecule has 28 heavy (non-hydrogen) atoms. The molecule has 1 spiro atoms. The van der Waals surface area contributed by atoms with Crippen molar-refractivity contribution in [2.75, 3.05) is 13.1 Å². The molecule has 2 aromatic rings. The number of hydrogen-bond donors (Lipinski definition) is 1. The third-order valence-corrected chi connectivity index (χ3v) is 6.92. The number of ether oxygens (including phenoxy) is 1. The highest BCUT2D eigenvalue weighted by Gasteiger charge is 2.51. The highest BCUT2D eigenvalue weighted by molar-refractivity contribution is 5.81. The third kappa shape index (κ3) is 3.05. The summed E-state index contributed by atoms with van der Waals surface area (Å²) in [6.07, 6.45) is 7.42. The molecule has 2 aromatic heterocycles. The van der Waals surface area contributed by atoms with Crippen LogP contribution in [0.15, 0.2) is 18.3 Å². The molecule has 1 N–H and O–H groups in total. The molecular formula is C21H28N4O3. The summed E-state index contributed by atoms with van der Waals surface area (Å²) in [7, 11) is 1.89. The van der Waals surface area contributed by atoms with E-state index in [1.165, 1.54) is 0 Å². The van der Waals surface area contributed by atoms with Crippen molar-refractivity contribution in [1.82, 2.24) is 19.7 Å². The number of carbonyl (C=O) groups is 1. The van der Waals surface area contributed by atoms with Crippen molar-refractivity contribution in [2.45, 2.75) is 57.2 Å². The summed E-state index contributed by atoms with van der Waals surface area (Å²) < 4.78 is 7.91. The number of rotatable bonds is 3. The Morgan fingerprint density at radius 1 is 1.25 bits per heavy atom. The zero-order valence-electron chi connectivity index (χ0n) is 16.6. The van der Waals surface area contributed by atoms with Gasteiger partial charge in [-0.3, -0.25) is 9.48 Å². The molecule has 5 rings (SSSR count). The van der Waals surface area contributed by atoms with Crippen LogP contribution in [0.3, 0.4) is 0 Å². The number of hydrogen-bond acceptors (Lipinski definition) is 5. The number of aryl methyl sites for hydroxylation is 1. The van der Waals surface area contributed by atoms with Crippen molar-refractivity contribution < 1.29 is 14.6 Å². The van der Waals surface area contributed by atoms with E-state index in [2.05, 4.69) is 10.1 Å². The zero-order valence-corrected chi connectivity index (χ0v) is 16.6. The molecule has 0 aromatic carbocycles. The van der Waals surface area contributed by atoms with Crippen molar-refractivity contribution in [3.8, 4) is 5.88 Å². The second kappa shape index (κ2) is 6.17. The van der Waals surface area contributed by atoms with Gasteiger partial charge in [0.2, 0.25) is 11.8 Å². The van der Waals surface area contributed by atoms with Crippen LogP contribution in [0.1, 0.15) is 45.4 Å². The van der Waals surface area contributed by atoms with Crippen LogP contribution >= 0.6 is 0 Å². The van der Waals surface area contributed by atoms with E-state index < -0.39 is 5.60 Å². The quantitative estimate of drug-likeness (QED) is 0.878. The second-order valence-electron chi connectivity index (χ2n) is 9.44. The molecule has 7 heteroatoms. The van der Waals surface area contributed by atoms with E-state index in [4.69, 9.17) is 4.74 Å². The molecule has 2 aliphatic carbocycles. The lowest BCUT2D eigenvalue weighted by Gasteiger charge is -2.55. The van der Waals surface area contributed by atoms with Crippen molar-refractivity contribution in [1.29, 1.82) is 0 Å². The maximum atomic E-state index is 12.5. The average molecular weight is 384 g/mol. The number of aromatic nitrogens is 3. The molecular weight excluding hydrogens is 356 g/mol. The van der Waals surface area contributed by atoms with E-state index in [0.717, 1.165) is 49.8 Å². The summed E-state index contributed by atoms with van der Waals surface area (Å²) >= 11 is 0. The molecule has 3 fully saturated rings. The first-order chi connectivity index (χ1) is 13.3. The van der Waals surface area contributed by atoms with Crippen molar-refractivity contribution >= 4 is 16.9 Å². The summed E-state index contributed by atoms with van der Waals surface area (Å²) in [5.41, 5.74) is 0.485. The maximum absolute atomic E-state index is 12.5. The minimum Gasteiger partial charge on any atom is -0.474 e. The number of pyridine rings is 1. The first-order valence-electron chi connectivity index (χ1n) is 10.3. The Kier molecular flexibility index (Phi) is 3.95. The Morgan fingerprint density at radius 2 is 1.96 bits per heavy atom. The average Bonchev–Trinajstić information content (AvgIpc) is 2.99. The van der Waals surface area contributed by atoms with Crippen molar-refractivity contribution in [3.63, 3.8) is 0 Å². The molecule has 7 nitrogen and oxygen atoms in total. The van der Waals surface area contributed by atoms with E-state index in [9.17, 15) is 9.90 Å². The number of likely N-dealkylation sites (tertiary alicyclic amines) is 1. The minimum atomic E-state index is -0.634. The van der Waals surface area contributed by atoms with Crippen LogP contribution in [0, 0.1) is 11.3 Å². The Hall–Kier alpha value is -2.15. The molecule has 1 aliphatic heterocycles. The SMILES string of the molecule is Cn1ncc2ccc(OC3CCC4(CC3)CN(C(=O)C3CC(C)(O)C3)C4)nc21. The van der Waals surface area contributed by atoms with Gasteiger partial charge >= 0.3 is 0 Å². The molecule has 150 valence electrons. The highest BCUT2D eigenvalue weighted by Crippen LogP contribution is 2.47. The Balaban J connectivity index is 1.13. The molecule has 0 radical (unpaired) electrons. The van der Waals surface area contributed by atoms with Crippen molar-refractivity contribution in [2.24, 2.45) is 18.4 Å². The Morgan fingerprint density at radius 3 is 2.64 bits per heavy atom. The van der Waals surface area contributed by atoms with Gasteiger partial charge in [-0.15, -0.1) is 0 Å². The van der Waals surface area contributed by atoms with E-state index >= 15 is 0 Å². The van der Waals surface area contributed by atoms with Crippen molar-refractivity contribution in [3.05, 3.63) is 18.3 Å². The van der Waals surface area contributed by atoms with Gasteiger partial charge in [0, 0.05) is 42.9 Å². The van der Waals surface area contributed by atoms with Gasteiger partial charge in [-0.1, -0.05) is 0 Å². The molecule has 0 atom stereocenters. The van der Waals surface area contributed by atoms with E-state index in [1.54, 1.807) is 4.68 Å². The van der Waals surface area contributed by atoms with Crippen LogP contribution < -0.4 is 4.74 Å². The molecule has 1 amide bonds. The van der Waals surface area contributed by atoms with Crippen LogP contribution in [0.2, 0.25) is 0 Å². The van der Waals surface area contributed by atoms with Gasteiger partial charge in [-0.05, 0) is 51.5 Å². The summed E-state index contributed by atoms with van der Waals surface area (Å²) in [6.45, 7) is 3.56. The highest BCUT2D eigenvalue weighted by atomic mass is 16.5. The van der Waals surface area contributed by atoms with E-state index in [0.29, 0.717) is 18.7 Å². The summed E-state index contributed by atoms with van der Waals surface area (Å²) in [4.78, 5) is 19.1. The standard InChI is InChI=1S/C21H28N4O3/c1-20(27)9-15(10-20)19(26)25-12-21(13-25)7-5-16(6-8-21)28-17-4-3-14-11-22-24(2)18(14)23-17/h3-4,11,15-16,27H,5-10,12-13H2,1-2H3. The summed E-state index contributed by atoms with van der Waals surface area (Å²) in [5, 5.41) is 15.1. The molecule has 3 heterocycles. The smallest absolute Gasteiger partial charge is 0.225 e. The van der Waals surface area contributed by atoms with Gasteiger partial charge in [-0.2, -0.15) is 10.1 Å². The summed E-state index contributed by atoms with van der Waals surface area (Å²) in [5.74, 6) is 0.934. The van der Waals surface area contributed by atoms with Gasteiger partial charge in [0.15, 0.2) is 5.65 Å². The van der Waals surface area contributed by atoms with Gasteiger partial charge < -0.3 is 14.7 Å². The lowest BCUT2D eigenvalue weighted by Crippen LogP contribution is -2.63. The maximum Gasteiger partial charge on any atom is 0.225 e. The van der Waals surface area contributed by atoms with Crippen LogP contribution in [-0.2, 0) is 11.8 Å². The van der Waals surface area contributed by atoms with Crippen LogP contribution in [0.5, 0.6) is 5.88 Å². The molecule has 0 unspecified atom stereocenters. The number of aliphatic hydroxyl groups is 1. The number of nitrogens with zero attached hydrogens (tertiary/aromatic N) is 4. The predicted octanol–water partition coefficient (Wildman–Crippen LogP) is 2.28. The predicted molar refractivity (Wildman–Crippen MR) is 104 cm³/mol. The van der Waals surface area contributed by atoms with E-state index in [1.807, 2.05) is 37.2 Å². The van der Waals surface area contributed by atoms with Gasteiger partial charge in [0.05, 0.1) is 11.8 Å². The van der Waals surface area contributed by atoms with Crippen LogP contribution in [-0.4, -0.2) is 55.5 Å². The third-order valence-electron chi connectivity index (χ3n) is 6.92. The van der Waals surface area contributed by atoms with E-state index in [-0.39, 0.29) is 23.3 Å². The second-order valence-corrected chi connectivity index (χ2v) is 9.44. The fraction of sp³-hybridized carbons (Fsp3) is 0.667. The zero-order chi connectivity index (χ0) is 19.5. The Labute approximate surface area is 164 Å². The Bertz CT molecular complexity index is 898. The largest absolute Gasteiger partial charge is 0.474 e.